The number of aryl methyl sites for hydroxylation is 1. The third-order valence-corrected chi connectivity index (χ3v) is 3.18. The van der Waals surface area contributed by atoms with E-state index in [4.69, 9.17) is 0 Å². The zero-order valence-corrected chi connectivity index (χ0v) is 11.6. The maximum atomic E-state index is 13.1. The van der Waals surface area contributed by atoms with E-state index in [-0.39, 0.29) is 17.4 Å². The van der Waals surface area contributed by atoms with Gasteiger partial charge in [-0.1, -0.05) is 12.1 Å². The summed E-state index contributed by atoms with van der Waals surface area (Å²) in [6.07, 6.45) is 0.494. The first kappa shape index (κ1) is 14.8. The first-order chi connectivity index (χ1) is 9.97. The highest BCUT2D eigenvalue weighted by atomic mass is 19.1. The minimum Gasteiger partial charge on any atom is -0.504 e. The zero-order valence-electron chi connectivity index (χ0n) is 11.6. The van der Waals surface area contributed by atoms with Gasteiger partial charge in [-0.25, -0.2) is 4.39 Å². The van der Waals surface area contributed by atoms with Crippen molar-refractivity contribution in [3.05, 3.63) is 58.9 Å². The summed E-state index contributed by atoms with van der Waals surface area (Å²) in [7, 11) is 0. The van der Waals surface area contributed by atoms with Crippen LogP contribution in [-0.4, -0.2) is 22.7 Å². The van der Waals surface area contributed by atoms with E-state index in [1.165, 1.54) is 24.3 Å². The van der Waals surface area contributed by atoms with Gasteiger partial charge < -0.3 is 15.5 Å². The topological polar surface area (TPSA) is 69.6 Å². The van der Waals surface area contributed by atoms with Gasteiger partial charge in [0, 0.05) is 12.1 Å². The third-order valence-electron chi connectivity index (χ3n) is 3.18. The molecule has 0 aliphatic heterocycles. The highest BCUT2D eigenvalue weighted by Gasteiger charge is 2.09. The van der Waals surface area contributed by atoms with Crippen molar-refractivity contribution in [1.82, 2.24) is 5.32 Å². The molecule has 0 atom stereocenters. The third kappa shape index (κ3) is 3.72. The Morgan fingerprint density at radius 1 is 1.14 bits per heavy atom. The maximum absolute atomic E-state index is 13.1. The van der Waals surface area contributed by atoms with Crippen LogP contribution in [0.5, 0.6) is 11.5 Å². The predicted octanol–water partition coefficient (Wildman–Crippen LogP) is 2.52. The molecule has 2 aromatic rings. The second-order valence-corrected chi connectivity index (χ2v) is 4.79. The minimum absolute atomic E-state index is 0.182. The van der Waals surface area contributed by atoms with Gasteiger partial charge in [0.1, 0.15) is 5.82 Å². The molecule has 2 rings (SSSR count). The molecule has 0 fully saturated rings. The Morgan fingerprint density at radius 3 is 2.62 bits per heavy atom. The van der Waals surface area contributed by atoms with E-state index in [0.717, 1.165) is 5.56 Å². The van der Waals surface area contributed by atoms with Gasteiger partial charge in [0.2, 0.25) is 0 Å². The van der Waals surface area contributed by atoms with E-state index < -0.39 is 5.82 Å². The molecule has 0 aromatic heterocycles. The number of rotatable bonds is 4. The summed E-state index contributed by atoms with van der Waals surface area (Å²) in [5.41, 5.74) is 1.79. The molecule has 110 valence electrons. The molecule has 0 radical (unpaired) electrons. The molecule has 0 saturated carbocycles. The van der Waals surface area contributed by atoms with Crippen LogP contribution in [0.1, 0.15) is 21.5 Å². The highest BCUT2D eigenvalue weighted by Crippen LogP contribution is 2.24. The number of aromatic hydroxyl groups is 2. The van der Waals surface area contributed by atoms with Crippen LogP contribution >= 0.6 is 0 Å². The number of phenolic OH excluding ortho intramolecular Hbond substituents is 2. The molecule has 0 spiro atoms. The molecule has 0 aliphatic carbocycles. The second kappa shape index (κ2) is 6.26. The molecule has 5 heteroatoms. The van der Waals surface area contributed by atoms with Crippen LogP contribution in [0.15, 0.2) is 36.4 Å². The molecular weight excluding hydrogens is 273 g/mol. The molecule has 1 amide bonds. The first-order valence-electron chi connectivity index (χ1n) is 6.52. The Bertz CT molecular complexity index is 671. The Morgan fingerprint density at radius 2 is 1.90 bits per heavy atom. The predicted molar refractivity (Wildman–Crippen MR) is 76.9 cm³/mol. The maximum Gasteiger partial charge on any atom is 0.251 e. The van der Waals surface area contributed by atoms with Crippen molar-refractivity contribution in [2.75, 3.05) is 6.54 Å². The van der Waals surface area contributed by atoms with Gasteiger partial charge in [0.05, 0.1) is 0 Å². The smallest absolute Gasteiger partial charge is 0.251 e. The van der Waals surface area contributed by atoms with Crippen molar-refractivity contribution in [1.29, 1.82) is 0 Å². The number of benzene rings is 2. The van der Waals surface area contributed by atoms with E-state index in [1.807, 2.05) is 0 Å². The van der Waals surface area contributed by atoms with E-state index in [2.05, 4.69) is 5.32 Å². The standard InChI is InChI=1S/C16H16FNO3/c1-10-2-4-12(17)9-13(10)16(21)18-7-6-11-3-5-14(19)15(20)8-11/h2-5,8-9,19-20H,6-7H2,1H3,(H,18,21). The molecule has 0 aliphatic rings. The number of hydrogen-bond acceptors (Lipinski definition) is 3. The average Bonchev–Trinajstić information content (AvgIpc) is 2.45. The van der Waals surface area contributed by atoms with Crippen LogP contribution in [0, 0.1) is 12.7 Å². The fourth-order valence-electron chi connectivity index (χ4n) is 1.98. The number of halogens is 1. The number of phenols is 2. The fraction of sp³-hybridized carbons (Fsp3) is 0.188. The quantitative estimate of drug-likeness (QED) is 0.757. The van der Waals surface area contributed by atoms with Crippen molar-refractivity contribution in [3.8, 4) is 11.5 Å². The summed E-state index contributed by atoms with van der Waals surface area (Å²) in [5, 5.41) is 21.3. The Hall–Kier alpha value is -2.56. The lowest BCUT2D eigenvalue weighted by molar-refractivity contribution is 0.0953. The Labute approximate surface area is 121 Å². The zero-order chi connectivity index (χ0) is 15.4. The van der Waals surface area contributed by atoms with Crippen molar-refractivity contribution >= 4 is 5.91 Å². The molecule has 0 saturated heterocycles. The Kier molecular flexibility index (Phi) is 4.42. The molecule has 0 heterocycles. The second-order valence-electron chi connectivity index (χ2n) is 4.79. The SMILES string of the molecule is Cc1ccc(F)cc1C(=O)NCCc1ccc(O)c(O)c1. The molecule has 21 heavy (non-hydrogen) atoms. The van der Waals surface area contributed by atoms with Crippen molar-refractivity contribution in [2.24, 2.45) is 0 Å². The first-order valence-corrected chi connectivity index (χ1v) is 6.52. The van der Waals surface area contributed by atoms with Gasteiger partial charge >= 0.3 is 0 Å². The Balaban J connectivity index is 1.95. The minimum atomic E-state index is -0.450. The van der Waals surface area contributed by atoms with E-state index in [0.29, 0.717) is 24.1 Å². The van der Waals surface area contributed by atoms with Gasteiger partial charge in [0.15, 0.2) is 11.5 Å². The van der Waals surface area contributed by atoms with E-state index >= 15 is 0 Å². The van der Waals surface area contributed by atoms with Crippen LogP contribution in [0.3, 0.4) is 0 Å². The van der Waals surface area contributed by atoms with Gasteiger partial charge in [0.25, 0.3) is 5.91 Å². The van der Waals surface area contributed by atoms with Gasteiger partial charge in [-0.05, 0) is 48.7 Å². The number of hydrogen-bond donors (Lipinski definition) is 3. The molecule has 2 aromatic carbocycles. The lowest BCUT2D eigenvalue weighted by Gasteiger charge is -2.08. The molecular formula is C16H16FNO3. The molecule has 4 nitrogen and oxygen atoms in total. The average molecular weight is 289 g/mol. The number of carbonyl (C=O) groups excluding carboxylic acids is 1. The lowest BCUT2D eigenvalue weighted by atomic mass is 10.1. The van der Waals surface area contributed by atoms with Crippen LogP contribution < -0.4 is 5.32 Å². The van der Waals surface area contributed by atoms with Crippen LogP contribution in [0.4, 0.5) is 4.39 Å². The summed E-state index contributed by atoms with van der Waals surface area (Å²) >= 11 is 0. The summed E-state index contributed by atoms with van der Waals surface area (Å²) in [6.45, 7) is 2.09. The van der Waals surface area contributed by atoms with Crippen LogP contribution in [-0.2, 0) is 6.42 Å². The fourth-order valence-corrected chi connectivity index (χ4v) is 1.98. The van der Waals surface area contributed by atoms with Crippen LogP contribution in [0.25, 0.3) is 0 Å². The summed E-state index contributed by atoms with van der Waals surface area (Å²) in [6, 6.07) is 8.57. The monoisotopic (exact) mass is 289 g/mol. The van der Waals surface area contributed by atoms with Crippen molar-refractivity contribution < 1.29 is 19.4 Å². The lowest BCUT2D eigenvalue weighted by Crippen LogP contribution is -2.26. The number of amides is 1. The molecule has 3 N–H and O–H groups in total. The van der Waals surface area contributed by atoms with Gasteiger partial charge in [-0.2, -0.15) is 0 Å². The molecule has 0 unspecified atom stereocenters. The highest BCUT2D eigenvalue weighted by molar-refractivity contribution is 5.95. The van der Waals surface area contributed by atoms with Crippen molar-refractivity contribution in [3.63, 3.8) is 0 Å². The van der Waals surface area contributed by atoms with Gasteiger partial charge in [-0.3, -0.25) is 4.79 Å². The molecule has 0 bridgehead atoms. The number of carbonyl (C=O) groups is 1. The largest absolute Gasteiger partial charge is 0.504 e. The summed E-state index contributed by atoms with van der Waals surface area (Å²) in [4.78, 5) is 12.0. The van der Waals surface area contributed by atoms with E-state index in [1.54, 1.807) is 19.1 Å². The summed E-state index contributed by atoms with van der Waals surface area (Å²) in [5.74, 6) is -1.16. The van der Waals surface area contributed by atoms with Crippen molar-refractivity contribution in [2.45, 2.75) is 13.3 Å². The van der Waals surface area contributed by atoms with Gasteiger partial charge in [-0.15, -0.1) is 0 Å². The van der Waals surface area contributed by atoms with Crippen LogP contribution in [0.2, 0.25) is 0 Å². The number of nitrogens with one attached hydrogen (secondary N) is 1. The van der Waals surface area contributed by atoms with E-state index in [9.17, 15) is 19.4 Å². The normalized spacial score (nSPS) is 10.4. The summed E-state index contributed by atoms with van der Waals surface area (Å²) < 4.78 is 13.1.